The van der Waals surface area contributed by atoms with Crippen molar-refractivity contribution in [1.29, 1.82) is 0 Å². The van der Waals surface area contributed by atoms with E-state index in [1.165, 1.54) is 38.5 Å². The highest BCUT2D eigenvalue weighted by Crippen LogP contribution is 2.27. The van der Waals surface area contributed by atoms with Gasteiger partial charge in [0.15, 0.2) is 5.82 Å². The molecule has 1 saturated carbocycles. The van der Waals surface area contributed by atoms with Crippen molar-refractivity contribution in [3.63, 3.8) is 0 Å². The zero-order valence-corrected chi connectivity index (χ0v) is 18.3. The van der Waals surface area contributed by atoms with Crippen LogP contribution in [0.3, 0.4) is 0 Å². The normalized spacial score (nSPS) is 14.6. The number of aryl methyl sites for hydroxylation is 2. The standard InChI is InChI=1S/C26H31N3O2/c1-2-25-27-24(17-14-19-8-4-3-5-9-19)28-29(25)18-20-12-15-21(16-13-20)22-10-6-7-11-23(22)26(30)31/h6-7,10-13,15-16,19H,2-5,8-9,14,17-18H2,1H3,(H,30,31). The Labute approximate surface area is 184 Å². The molecule has 0 bridgehead atoms. The van der Waals surface area contributed by atoms with Gasteiger partial charge in [-0.2, -0.15) is 5.10 Å². The second-order valence-electron chi connectivity index (χ2n) is 8.55. The lowest BCUT2D eigenvalue weighted by molar-refractivity contribution is 0.0697. The molecule has 1 heterocycles. The molecule has 1 aliphatic rings. The largest absolute Gasteiger partial charge is 0.478 e. The SMILES string of the molecule is CCc1nc(CCC2CCCCC2)nn1Cc1ccc(-c2ccccc2C(=O)O)cc1. The monoisotopic (exact) mass is 417 g/mol. The van der Waals surface area contributed by atoms with Crippen molar-refractivity contribution < 1.29 is 9.90 Å². The van der Waals surface area contributed by atoms with Gasteiger partial charge in [-0.15, -0.1) is 0 Å². The van der Waals surface area contributed by atoms with Crippen LogP contribution in [0.25, 0.3) is 11.1 Å². The molecule has 3 aromatic rings. The van der Waals surface area contributed by atoms with Crippen LogP contribution in [0.15, 0.2) is 48.5 Å². The summed E-state index contributed by atoms with van der Waals surface area (Å²) in [6, 6.07) is 15.2. The van der Waals surface area contributed by atoms with Crippen molar-refractivity contribution in [3.8, 4) is 11.1 Å². The maximum absolute atomic E-state index is 11.5. The van der Waals surface area contributed by atoms with Gasteiger partial charge in [-0.1, -0.05) is 81.5 Å². The van der Waals surface area contributed by atoms with Crippen LogP contribution in [0.5, 0.6) is 0 Å². The topological polar surface area (TPSA) is 68.0 Å². The minimum atomic E-state index is -0.907. The van der Waals surface area contributed by atoms with E-state index < -0.39 is 5.97 Å². The molecule has 2 aromatic carbocycles. The van der Waals surface area contributed by atoms with Gasteiger partial charge in [0.25, 0.3) is 0 Å². The van der Waals surface area contributed by atoms with Crippen LogP contribution in [-0.4, -0.2) is 25.8 Å². The third-order valence-corrected chi connectivity index (χ3v) is 6.36. The van der Waals surface area contributed by atoms with Crippen LogP contribution in [-0.2, 0) is 19.4 Å². The van der Waals surface area contributed by atoms with E-state index in [-0.39, 0.29) is 0 Å². The fraction of sp³-hybridized carbons (Fsp3) is 0.423. The summed E-state index contributed by atoms with van der Waals surface area (Å²) >= 11 is 0. The van der Waals surface area contributed by atoms with Gasteiger partial charge < -0.3 is 5.11 Å². The smallest absolute Gasteiger partial charge is 0.336 e. The van der Waals surface area contributed by atoms with Gasteiger partial charge in [0.1, 0.15) is 5.82 Å². The van der Waals surface area contributed by atoms with E-state index in [4.69, 9.17) is 10.1 Å². The van der Waals surface area contributed by atoms with E-state index in [9.17, 15) is 9.90 Å². The minimum Gasteiger partial charge on any atom is -0.478 e. The molecule has 31 heavy (non-hydrogen) atoms. The molecule has 5 nitrogen and oxygen atoms in total. The predicted octanol–water partition coefficient (Wildman–Crippen LogP) is 5.77. The van der Waals surface area contributed by atoms with Crippen molar-refractivity contribution in [1.82, 2.24) is 14.8 Å². The molecule has 0 atom stereocenters. The summed E-state index contributed by atoms with van der Waals surface area (Å²) in [6.07, 6.45) is 9.89. The average molecular weight is 418 g/mol. The first-order valence-corrected chi connectivity index (χ1v) is 11.5. The van der Waals surface area contributed by atoms with Crippen LogP contribution in [0, 0.1) is 5.92 Å². The van der Waals surface area contributed by atoms with E-state index in [1.54, 1.807) is 12.1 Å². The Kier molecular flexibility index (Phi) is 6.80. The van der Waals surface area contributed by atoms with E-state index >= 15 is 0 Å². The summed E-state index contributed by atoms with van der Waals surface area (Å²) in [5.74, 6) is 1.93. The van der Waals surface area contributed by atoms with Crippen LogP contribution in [0.1, 0.15) is 73.0 Å². The molecule has 5 heteroatoms. The Morgan fingerprint density at radius 2 is 1.81 bits per heavy atom. The van der Waals surface area contributed by atoms with Crippen molar-refractivity contribution >= 4 is 5.97 Å². The predicted molar refractivity (Wildman–Crippen MR) is 122 cm³/mol. The highest BCUT2D eigenvalue weighted by molar-refractivity contribution is 5.95. The Bertz CT molecular complexity index is 1020. The maximum atomic E-state index is 11.5. The van der Waals surface area contributed by atoms with Crippen molar-refractivity contribution in [2.75, 3.05) is 0 Å². The zero-order valence-electron chi connectivity index (χ0n) is 18.3. The lowest BCUT2D eigenvalue weighted by atomic mass is 9.86. The van der Waals surface area contributed by atoms with Crippen molar-refractivity contribution in [2.45, 2.75) is 64.8 Å². The summed E-state index contributed by atoms with van der Waals surface area (Å²) in [7, 11) is 0. The number of benzene rings is 2. The van der Waals surface area contributed by atoms with Gasteiger partial charge in [0, 0.05) is 12.8 Å². The first-order valence-electron chi connectivity index (χ1n) is 11.5. The number of hydrogen-bond donors (Lipinski definition) is 1. The van der Waals surface area contributed by atoms with E-state index in [2.05, 4.69) is 19.1 Å². The number of carbonyl (C=O) groups is 1. The second kappa shape index (κ2) is 9.90. The minimum absolute atomic E-state index is 0.322. The Morgan fingerprint density at radius 3 is 2.52 bits per heavy atom. The van der Waals surface area contributed by atoms with E-state index in [1.807, 2.05) is 28.9 Å². The highest BCUT2D eigenvalue weighted by Gasteiger charge is 2.16. The number of rotatable bonds is 8. The van der Waals surface area contributed by atoms with Crippen LogP contribution >= 0.6 is 0 Å². The lowest BCUT2D eigenvalue weighted by Crippen LogP contribution is -2.08. The molecule has 0 unspecified atom stereocenters. The number of nitrogens with zero attached hydrogens (tertiary/aromatic N) is 3. The molecule has 162 valence electrons. The molecular formula is C26H31N3O2. The fourth-order valence-corrected chi connectivity index (χ4v) is 4.61. The number of carboxylic acids is 1. The number of hydrogen-bond acceptors (Lipinski definition) is 3. The quantitative estimate of drug-likeness (QED) is 0.505. The molecule has 0 spiro atoms. The number of aromatic carboxylic acids is 1. The van der Waals surface area contributed by atoms with Gasteiger partial charge in [0.05, 0.1) is 12.1 Å². The van der Waals surface area contributed by atoms with E-state index in [0.29, 0.717) is 12.1 Å². The summed E-state index contributed by atoms with van der Waals surface area (Å²) in [5.41, 5.74) is 3.10. The van der Waals surface area contributed by atoms with Crippen molar-refractivity contribution in [3.05, 3.63) is 71.3 Å². The number of carboxylic acid groups (broad SMARTS) is 1. The fourth-order valence-electron chi connectivity index (χ4n) is 4.61. The highest BCUT2D eigenvalue weighted by atomic mass is 16.4. The molecule has 4 rings (SSSR count). The zero-order chi connectivity index (χ0) is 21.6. The maximum Gasteiger partial charge on any atom is 0.336 e. The summed E-state index contributed by atoms with van der Waals surface area (Å²) in [6.45, 7) is 2.80. The Balaban J connectivity index is 1.45. The third kappa shape index (κ3) is 5.22. The van der Waals surface area contributed by atoms with E-state index in [0.717, 1.165) is 47.1 Å². The molecular weight excluding hydrogens is 386 g/mol. The van der Waals surface area contributed by atoms with Gasteiger partial charge >= 0.3 is 5.97 Å². The summed E-state index contributed by atoms with van der Waals surface area (Å²) < 4.78 is 2.02. The van der Waals surface area contributed by atoms with Gasteiger partial charge in [0.2, 0.25) is 0 Å². The Hall–Kier alpha value is -2.95. The summed E-state index contributed by atoms with van der Waals surface area (Å²) in [5, 5.41) is 14.3. The molecule has 0 saturated heterocycles. The molecule has 0 aliphatic heterocycles. The van der Waals surface area contributed by atoms with Crippen LogP contribution < -0.4 is 0 Å². The average Bonchev–Trinajstić information content (AvgIpc) is 3.20. The second-order valence-corrected chi connectivity index (χ2v) is 8.55. The van der Waals surface area contributed by atoms with Crippen LogP contribution in [0.2, 0.25) is 0 Å². The van der Waals surface area contributed by atoms with Gasteiger partial charge in [-0.05, 0) is 35.1 Å². The number of aromatic nitrogens is 3. The van der Waals surface area contributed by atoms with Gasteiger partial charge in [-0.25, -0.2) is 14.5 Å². The molecule has 1 fully saturated rings. The molecule has 1 aliphatic carbocycles. The molecule has 0 radical (unpaired) electrons. The molecule has 1 aromatic heterocycles. The first-order chi connectivity index (χ1) is 15.1. The Morgan fingerprint density at radius 1 is 1.06 bits per heavy atom. The third-order valence-electron chi connectivity index (χ3n) is 6.36. The summed E-state index contributed by atoms with van der Waals surface area (Å²) in [4.78, 5) is 16.3. The molecule has 1 N–H and O–H groups in total. The van der Waals surface area contributed by atoms with Crippen molar-refractivity contribution in [2.24, 2.45) is 5.92 Å². The van der Waals surface area contributed by atoms with Gasteiger partial charge in [-0.3, -0.25) is 0 Å². The van der Waals surface area contributed by atoms with Crippen LogP contribution in [0.4, 0.5) is 0 Å². The molecule has 0 amide bonds. The lowest BCUT2D eigenvalue weighted by Gasteiger charge is -2.20. The first kappa shape index (κ1) is 21.3.